The number of aromatic nitrogens is 3. The fourth-order valence-corrected chi connectivity index (χ4v) is 1.34. The second-order valence-electron chi connectivity index (χ2n) is 3.61. The number of aromatic amines is 1. The van der Waals surface area contributed by atoms with Crippen LogP contribution in [0.2, 0.25) is 0 Å². The van der Waals surface area contributed by atoms with Gasteiger partial charge in [-0.3, -0.25) is 0 Å². The molecule has 3 rings (SSSR count). The van der Waals surface area contributed by atoms with Gasteiger partial charge < -0.3 is 20.4 Å². The predicted octanol–water partition coefficient (Wildman–Crippen LogP) is 1.47. The molecule has 2 aromatic carbocycles. The topological polar surface area (TPSA) is 122 Å². The van der Waals surface area contributed by atoms with Crippen LogP contribution in [0.3, 0.4) is 0 Å². The lowest BCUT2D eigenvalue weighted by Crippen LogP contribution is -1.71. The summed E-state index contributed by atoms with van der Waals surface area (Å²) in [5, 5.41) is 45.2. The molecule has 0 aliphatic carbocycles. The molecule has 3 aromatic rings. The maximum Gasteiger partial charge on any atom is 0.204 e. The number of fused-ring (bicyclic) bond motifs is 1. The van der Waals surface area contributed by atoms with Crippen molar-refractivity contribution < 1.29 is 20.4 Å². The molecule has 0 aliphatic rings. The molecule has 7 heteroatoms. The van der Waals surface area contributed by atoms with Gasteiger partial charge in [-0.05, 0) is 24.3 Å². The Hall–Kier alpha value is -2.96. The summed E-state index contributed by atoms with van der Waals surface area (Å²) in [4.78, 5) is 0. The summed E-state index contributed by atoms with van der Waals surface area (Å²) < 4.78 is 0. The van der Waals surface area contributed by atoms with Crippen molar-refractivity contribution in [1.82, 2.24) is 15.4 Å². The molecule has 0 saturated heterocycles. The Kier molecular flexibility index (Phi) is 3.37. The molecule has 98 valence electrons. The highest BCUT2D eigenvalue weighted by Crippen LogP contribution is 2.40. The van der Waals surface area contributed by atoms with Gasteiger partial charge in [-0.15, -0.1) is 0 Å². The molecule has 0 amide bonds. The first-order chi connectivity index (χ1) is 9.09. The molecule has 0 atom stereocenters. The summed E-state index contributed by atoms with van der Waals surface area (Å²) in [7, 11) is 0. The number of hydrogen-bond donors (Lipinski definition) is 5. The minimum Gasteiger partial charge on any atom is -0.504 e. The zero-order valence-electron chi connectivity index (χ0n) is 9.65. The molecule has 1 aromatic heterocycles. The molecule has 0 bridgehead atoms. The summed E-state index contributed by atoms with van der Waals surface area (Å²) in [5.74, 6) is -2.34. The zero-order chi connectivity index (χ0) is 13.8. The third-order valence-corrected chi connectivity index (χ3v) is 2.33. The minimum absolute atomic E-state index is 0.463. The number of rotatable bonds is 0. The number of aromatic hydroxyl groups is 4. The molecule has 19 heavy (non-hydrogen) atoms. The van der Waals surface area contributed by atoms with E-state index in [9.17, 15) is 0 Å². The van der Waals surface area contributed by atoms with E-state index < -0.39 is 23.0 Å². The van der Waals surface area contributed by atoms with Crippen LogP contribution in [0, 0.1) is 0 Å². The highest BCUT2D eigenvalue weighted by Gasteiger charge is 2.08. The molecule has 0 saturated carbocycles. The third-order valence-electron chi connectivity index (χ3n) is 2.33. The van der Waals surface area contributed by atoms with E-state index in [1.807, 2.05) is 24.3 Å². The molecule has 0 fully saturated rings. The lowest BCUT2D eigenvalue weighted by atomic mass is 10.3. The largest absolute Gasteiger partial charge is 0.504 e. The summed E-state index contributed by atoms with van der Waals surface area (Å²) in [6.07, 6.45) is 0. The Morgan fingerprint density at radius 1 is 0.684 bits per heavy atom. The van der Waals surface area contributed by atoms with Crippen LogP contribution in [0.5, 0.6) is 23.0 Å². The van der Waals surface area contributed by atoms with Crippen LogP contribution >= 0.6 is 0 Å². The number of nitrogens with one attached hydrogen (secondary N) is 1. The summed E-state index contributed by atoms with van der Waals surface area (Å²) in [6.45, 7) is 0. The lowest BCUT2D eigenvalue weighted by Gasteiger charge is -2.00. The van der Waals surface area contributed by atoms with Crippen molar-refractivity contribution in [1.29, 1.82) is 0 Å². The Labute approximate surface area is 107 Å². The molecule has 0 unspecified atom stereocenters. The van der Waals surface area contributed by atoms with Gasteiger partial charge in [0.2, 0.25) is 11.5 Å². The van der Waals surface area contributed by atoms with Gasteiger partial charge in [0.1, 0.15) is 11.0 Å². The molecule has 0 radical (unpaired) electrons. The maximum absolute atomic E-state index is 8.73. The van der Waals surface area contributed by atoms with Crippen molar-refractivity contribution in [3.63, 3.8) is 0 Å². The van der Waals surface area contributed by atoms with E-state index in [0.29, 0.717) is 0 Å². The second-order valence-corrected chi connectivity index (χ2v) is 3.61. The minimum atomic E-state index is -0.708. The van der Waals surface area contributed by atoms with E-state index in [0.717, 1.165) is 23.2 Å². The van der Waals surface area contributed by atoms with E-state index in [4.69, 9.17) is 20.4 Å². The summed E-state index contributed by atoms with van der Waals surface area (Å²) in [5.41, 5.74) is 1.83. The van der Waals surface area contributed by atoms with Gasteiger partial charge in [-0.1, -0.05) is 12.1 Å². The Morgan fingerprint density at radius 3 is 1.53 bits per heavy atom. The number of H-pyrrole nitrogens is 1. The molecule has 7 nitrogen and oxygen atoms in total. The second kappa shape index (κ2) is 5.13. The van der Waals surface area contributed by atoms with E-state index in [2.05, 4.69) is 15.4 Å². The number of phenols is 4. The maximum atomic E-state index is 8.73. The van der Waals surface area contributed by atoms with Gasteiger partial charge >= 0.3 is 0 Å². The molecule has 0 spiro atoms. The number of hydrogen-bond acceptors (Lipinski definition) is 6. The normalized spacial score (nSPS) is 9.89. The van der Waals surface area contributed by atoms with Gasteiger partial charge in [0.25, 0.3) is 0 Å². The van der Waals surface area contributed by atoms with Crippen molar-refractivity contribution >= 4 is 11.0 Å². The Morgan fingerprint density at radius 2 is 1.11 bits per heavy atom. The van der Waals surface area contributed by atoms with Crippen molar-refractivity contribution in [3.8, 4) is 23.0 Å². The van der Waals surface area contributed by atoms with Crippen LogP contribution in [0.1, 0.15) is 0 Å². The third kappa shape index (κ3) is 2.65. The van der Waals surface area contributed by atoms with Crippen molar-refractivity contribution in [3.05, 3.63) is 36.4 Å². The quantitative estimate of drug-likeness (QED) is 0.308. The Bertz CT molecular complexity index is 639. The van der Waals surface area contributed by atoms with Crippen molar-refractivity contribution in [2.45, 2.75) is 0 Å². The molecular formula is C12H11N3O4. The molecule has 5 N–H and O–H groups in total. The smallest absolute Gasteiger partial charge is 0.204 e. The average molecular weight is 261 g/mol. The number of para-hydroxylation sites is 2. The van der Waals surface area contributed by atoms with E-state index in [1.54, 1.807) is 0 Å². The average Bonchev–Trinajstić information content (AvgIpc) is 2.90. The van der Waals surface area contributed by atoms with Crippen molar-refractivity contribution in [2.75, 3.05) is 0 Å². The fourth-order valence-electron chi connectivity index (χ4n) is 1.34. The number of phenolic OH excluding ortho intramolecular Hbond substituents is 4. The van der Waals surface area contributed by atoms with Gasteiger partial charge in [0, 0.05) is 0 Å². The molecule has 1 heterocycles. The first kappa shape index (κ1) is 12.5. The highest BCUT2D eigenvalue weighted by molar-refractivity contribution is 5.72. The Balaban J connectivity index is 0.000000141. The number of nitrogens with zero attached hydrogens (tertiary/aromatic N) is 2. The van der Waals surface area contributed by atoms with Crippen molar-refractivity contribution in [2.24, 2.45) is 0 Å². The van der Waals surface area contributed by atoms with Crippen LogP contribution in [0.15, 0.2) is 36.4 Å². The summed E-state index contributed by atoms with van der Waals surface area (Å²) in [6, 6.07) is 9.85. The highest BCUT2D eigenvalue weighted by atomic mass is 16.3. The van der Waals surface area contributed by atoms with Gasteiger partial charge in [0.05, 0.1) is 0 Å². The molecular weight excluding hydrogens is 250 g/mol. The van der Waals surface area contributed by atoms with Crippen LogP contribution in [-0.2, 0) is 0 Å². The predicted molar refractivity (Wildman–Crippen MR) is 67.0 cm³/mol. The van der Waals surface area contributed by atoms with Crippen LogP contribution in [0.25, 0.3) is 11.0 Å². The first-order valence-corrected chi connectivity index (χ1v) is 5.28. The summed E-state index contributed by atoms with van der Waals surface area (Å²) >= 11 is 0. The van der Waals surface area contributed by atoms with Crippen LogP contribution in [0.4, 0.5) is 0 Å². The fraction of sp³-hybridized carbons (Fsp3) is 0. The van der Waals surface area contributed by atoms with E-state index in [-0.39, 0.29) is 0 Å². The van der Waals surface area contributed by atoms with E-state index in [1.165, 1.54) is 0 Å². The van der Waals surface area contributed by atoms with Gasteiger partial charge in [-0.25, -0.2) is 0 Å². The SMILES string of the molecule is Oc1ccc(O)c(O)c1O.c1ccc2n[nH]nc2c1. The van der Waals surface area contributed by atoms with Gasteiger partial charge in [0.15, 0.2) is 11.5 Å². The van der Waals surface area contributed by atoms with Crippen LogP contribution < -0.4 is 0 Å². The van der Waals surface area contributed by atoms with E-state index >= 15 is 0 Å². The lowest BCUT2D eigenvalue weighted by molar-refractivity contribution is 0.346. The monoisotopic (exact) mass is 261 g/mol. The standard InChI is InChI=1S/C6H5N3.C6H6O4/c1-2-4-6-5(3-1)7-9-8-6;7-3-1-2-4(8)6(10)5(3)9/h1-4H,(H,7,8,9);1-2,7-10H. The number of benzene rings is 2. The zero-order valence-corrected chi connectivity index (χ0v) is 9.65. The molecule has 0 aliphatic heterocycles. The van der Waals surface area contributed by atoms with Crippen LogP contribution in [-0.4, -0.2) is 35.8 Å². The van der Waals surface area contributed by atoms with Gasteiger partial charge in [-0.2, -0.15) is 15.4 Å². The first-order valence-electron chi connectivity index (χ1n) is 5.28.